The molecule has 0 spiro atoms. The Morgan fingerprint density at radius 2 is 1.88 bits per heavy atom. The van der Waals surface area contributed by atoms with Crippen LogP contribution in [0.2, 0.25) is 5.02 Å². The fourth-order valence-electron chi connectivity index (χ4n) is 1.22. The molecule has 0 bridgehead atoms. The Morgan fingerprint density at radius 3 is 2.50 bits per heavy atom. The third-order valence-electron chi connectivity index (χ3n) is 2.07. The third kappa shape index (κ3) is 3.15. The lowest BCUT2D eigenvalue weighted by atomic mass is 10.3. The Morgan fingerprint density at radius 1 is 1.12 bits per heavy atom. The van der Waals surface area contributed by atoms with Gasteiger partial charge in [0, 0.05) is 21.9 Å². The average Bonchev–Trinajstić information content (AvgIpc) is 2.30. The van der Waals surface area contributed by atoms with Gasteiger partial charge in [-0.1, -0.05) is 17.7 Å². The zero-order valence-corrected chi connectivity index (χ0v) is 10.1. The Labute approximate surface area is 104 Å². The highest BCUT2D eigenvalue weighted by Crippen LogP contribution is 2.23. The molecule has 82 valence electrons. The summed E-state index contributed by atoms with van der Waals surface area (Å²) in [5, 5.41) is 0.763. The van der Waals surface area contributed by atoms with Crippen LogP contribution in [0.1, 0.15) is 5.56 Å². The molecule has 1 aromatic carbocycles. The van der Waals surface area contributed by atoms with Crippen LogP contribution in [-0.2, 0) is 5.75 Å². The van der Waals surface area contributed by atoms with Crippen molar-refractivity contribution >= 4 is 29.2 Å². The zero-order chi connectivity index (χ0) is 11.4. The summed E-state index contributed by atoms with van der Waals surface area (Å²) in [5.74, 6) is 1.44. The molecule has 4 heteroatoms. The quantitative estimate of drug-likeness (QED) is 0.846. The lowest BCUT2D eigenvalue weighted by Gasteiger charge is -2.02. The Kier molecular flexibility index (Phi) is 3.70. The number of halogens is 1. The van der Waals surface area contributed by atoms with Gasteiger partial charge in [-0.25, -0.2) is 4.98 Å². The standard InChI is InChI=1S/C12H11ClN2S/c13-10-2-4-11(5-3-10)16-8-9-1-6-12(14)15-7-9/h1-7H,8H2,(H2,14,15). The van der Waals surface area contributed by atoms with Gasteiger partial charge in [-0.2, -0.15) is 0 Å². The highest BCUT2D eigenvalue weighted by molar-refractivity contribution is 7.98. The van der Waals surface area contributed by atoms with E-state index in [9.17, 15) is 0 Å². The molecule has 2 aromatic rings. The molecule has 1 heterocycles. The number of pyridine rings is 1. The number of aromatic nitrogens is 1. The van der Waals surface area contributed by atoms with Crippen molar-refractivity contribution in [1.82, 2.24) is 4.98 Å². The summed E-state index contributed by atoms with van der Waals surface area (Å²) in [6, 6.07) is 11.6. The predicted octanol–water partition coefficient (Wildman–Crippen LogP) is 3.61. The van der Waals surface area contributed by atoms with E-state index in [1.165, 1.54) is 4.90 Å². The molecule has 0 aliphatic rings. The molecule has 0 saturated heterocycles. The maximum atomic E-state index is 5.81. The lowest BCUT2D eigenvalue weighted by Crippen LogP contribution is -1.90. The van der Waals surface area contributed by atoms with Crippen LogP contribution >= 0.6 is 23.4 Å². The second kappa shape index (κ2) is 5.23. The normalized spacial score (nSPS) is 10.3. The van der Waals surface area contributed by atoms with Crippen molar-refractivity contribution in [2.75, 3.05) is 5.73 Å². The van der Waals surface area contributed by atoms with Crippen LogP contribution in [0.3, 0.4) is 0 Å². The highest BCUT2D eigenvalue weighted by Gasteiger charge is 1.97. The van der Waals surface area contributed by atoms with Gasteiger partial charge in [0.15, 0.2) is 0 Å². The van der Waals surface area contributed by atoms with E-state index in [2.05, 4.69) is 4.98 Å². The van der Waals surface area contributed by atoms with E-state index in [0.29, 0.717) is 5.82 Å². The maximum absolute atomic E-state index is 5.81. The average molecular weight is 251 g/mol. The molecule has 0 amide bonds. The first-order valence-electron chi connectivity index (χ1n) is 4.83. The summed E-state index contributed by atoms with van der Waals surface area (Å²) in [7, 11) is 0. The van der Waals surface area contributed by atoms with Crippen molar-refractivity contribution in [3.63, 3.8) is 0 Å². The largest absolute Gasteiger partial charge is 0.384 e. The van der Waals surface area contributed by atoms with Gasteiger partial charge in [0.2, 0.25) is 0 Å². The monoisotopic (exact) mass is 250 g/mol. The summed E-state index contributed by atoms with van der Waals surface area (Å²) in [6.45, 7) is 0. The topological polar surface area (TPSA) is 38.9 Å². The number of thioether (sulfide) groups is 1. The molecular weight excluding hydrogens is 240 g/mol. The second-order valence-electron chi connectivity index (χ2n) is 3.33. The summed E-state index contributed by atoms with van der Waals surface area (Å²) < 4.78 is 0. The van der Waals surface area contributed by atoms with E-state index in [0.717, 1.165) is 16.3 Å². The van der Waals surface area contributed by atoms with Crippen molar-refractivity contribution < 1.29 is 0 Å². The van der Waals surface area contributed by atoms with Crippen LogP contribution in [0.5, 0.6) is 0 Å². The van der Waals surface area contributed by atoms with E-state index in [1.54, 1.807) is 18.0 Å². The minimum atomic E-state index is 0.556. The Bertz CT molecular complexity index is 408. The molecule has 0 atom stereocenters. The smallest absolute Gasteiger partial charge is 0.123 e. The van der Waals surface area contributed by atoms with Crippen molar-refractivity contribution in [1.29, 1.82) is 0 Å². The van der Waals surface area contributed by atoms with E-state index in [1.807, 2.05) is 36.4 Å². The van der Waals surface area contributed by atoms with Crippen LogP contribution < -0.4 is 5.73 Å². The van der Waals surface area contributed by atoms with Crippen LogP contribution in [0.4, 0.5) is 5.82 Å². The summed E-state index contributed by atoms with van der Waals surface area (Å²) >= 11 is 7.56. The Hall–Kier alpha value is -1.19. The van der Waals surface area contributed by atoms with E-state index < -0.39 is 0 Å². The van der Waals surface area contributed by atoms with Crippen LogP contribution in [0, 0.1) is 0 Å². The molecule has 16 heavy (non-hydrogen) atoms. The third-order valence-corrected chi connectivity index (χ3v) is 3.40. The van der Waals surface area contributed by atoms with Crippen molar-refractivity contribution in [3.8, 4) is 0 Å². The van der Waals surface area contributed by atoms with Crippen molar-refractivity contribution in [2.45, 2.75) is 10.6 Å². The van der Waals surface area contributed by atoms with Crippen LogP contribution in [-0.4, -0.2) is 4.98 Å². The fourth-order valence-corrected chi connectivity index (χ4v) is 2.18. The maximum Gasteiger partial charge on any atom is 0.123 e. The SMILES string of the molecule is Nc1ccc(CSc2ccc(Cl)cc2)cn1. The minimum Gasteiger partial charge on any atom is -0.384 e. The first-order valence-corrected chi connectivity index (χ1v) is 6.19. The number of nitrogens with two attached hydrogens (primary N) is 1. The fraction of sp³-hybridized carbons (Fsp3) is 0.0833. The van der Waals surface area contributed by atoms with E-state index in [4.69, 9.17) is 17.3 Å². The lowest BCUT2D eigenvalue weighted by molar-refractivity contribution is 1.26. The molecule has 0 unspecified atom stereocenters. The second-order valence-corrected chi connectivity index (χ2v) is 4.82. The number of rotatable bonds is 3. The first-order chi connectivity index (χ1) is 7.74. The molecule has 0 aliphatic heterocycles. The van der Waals surface area contributed by atoms with Crippen LogP contribution in [0.15, 0.2) is 47.5 Å². The molecule has 1 aromatic heterocycles. The van der Waals surface area contributed by atoms with E-state index >= 15 is 0 Å². The number of nitrogens with zero attached hydrogens (tertiary/aromatic N) is 1. The number of anilines is 1. The molecule has 2 nitrogen and oxygen atoms in total. The molecule has 0 radical (unpaired) electrons. The van der Waals surface area contributed by atoms with Gasteiger partial charge in [-0.3, -0.25) is 0 Å². The summed E-state index contributed by atoms with van der Waals surface area (Å²) in [6.07, 6.45) is 1.80. The van der Waals surface area contributed by atoms with Gasteiger partial charge < -0.3 is 5.73 Å². The zero-order valence-electron chi connectivity index (χ0n) is 8.56. The number of hydrogen-bond donors (Lipinski definition) is 1. The van der Waals surface area contributed by atoms with Gasteiger partial charge in [0.25, 0.3) is 0 Å². The van der Waals surface area contributed by atoms with Crippen molar-refractivity contribution in [2.24, 2.45) is 0 Å². The van der Waals surface area contributed by atoms with Gasteiger partial charge in [-0.05, 0) is 35.9 Å². The molecule has 0 fully saturated rings. The number of hydrogen-bond acceptors (Lipinski definition) is 3. The van der Waals surface area contributed by atoms with Gasteiger partial charge in [0.05, 0.1) is 0 Å². The van der Waals surface area contributed by atoms with Crippen molar-refractivity contribution in [3.05, 3.63) is 53.2 Å². The molecular formula is C12H11ClN2S. The predicted molar refractivity (Wildman–Crippen MR) is 69.7 cm³/mol. The minimum absolute atomic E-state index is 0.556. The van der Waals surface area contributed by atoms with Gasteiger partial charge >= 0.3 is 0 Å². The van der Waals surface area contributed by atoms with Crippen LogP contribution in [0.25, 0.3) is 0 Å². The summed E-state index contributed by atoms with van der Waals surface area (Å²) in [4.78, 5) is 5.24. The highest BCUT2D eigenvalue weighted by atomic mass is 35.5. The van der Waals surface area contributed by atoms with Gasteiger partial charge in [-0.15, -0.1) is 11.8 Å². The van der Waals surface area contributed by atoms with Gasteiger partial charge in [0.1, 0.15) is 5.82 Å². The first kappa shape index (κ1) is 11.3. The summed E-state index contributed by atoms with van der Waals surface area (Å²) in [5.41, 5.74) is 6.68. The molecule has 2 rings (SSSR count). The number of benzene rings is 1. The molecule has 0 aliphatic carbocycles. The molecule has 0 saturated carbocycles. The number of nitrogen functional groups attached to an aromatic ring is 1. The molecule has 2 N–H and O–H groups in total. The van der Waals surface area contributed by atoms with E-state index in [-0.39, 0.29) is 0 Å². The Balaban J connectivity index is 1.97.